The first kappa shape index (κ1) is 5.68. The Balaban J connectivity index is 2.86. The van der Waals surface area contributed by atoms with E-state index >= 15 is 0 Å². The molecule has 0 saturated heterocycles. The molecule has 0 aliphatic heterocycles. The Kier molecular flexibility index (Phi) is 1.11. The molecule has 0 radical (unpaired) electrons. The first-order valence-corrected chi connectivity index (χ1v) is 3.09. The fourth-order valence-electron chi connectivity index (χ4n) is 0.732. The molecule has 4 heteroatoms. The van der Waals surface area contributed by atoms with Gasteiger partial charge >= 0.3 is 0 Å². The highest BCUT2D eigenvalue weighted by Gasteiger charge is 1.97. The van der Waals surface area contributed by atoms with Gasteiger partial charge in [-0.25, -0.2) is 9.97 Å². The third kappa shape index (κ3) is 0.752. The second kappa shape index (κ2) is 1.95. The van der Waals surface area contributed by atoms with Gasteiger partial charge in [0.15, 0.2) is 6.39 Å². The molecule has 0 saturated carbocycles. The number of aromatic nitrogens is 2. The van der Waals surface area contributed by atoms with E-state index in [9.17, 15) is 0 Å². The second-order valence-corrected chi connectivity index (χ2v) is 2.27. The van der Waals surface area contributed by atoms with E-state index in [2.05, 4.69) is 9.97 Å². The molecular weight excluding hydrogens is 152 g/mol. The molecule has 3 nitrogen and oxygen atoms in total. The van der Waals surface area contributed by atoms with Gasteiger partial charge in [-0.15, -0.1) is 0 Å². The minimum absolute atomic E-state index is 0.518. The van der Waals surface area contributed by atoms with Crippen LogP contribution in [0.3, 0.4) is 0 Å². The van der Waals surface area contributed by atoms with Gasteiger partial charge < -0.3 is 4.42 Å². The molecule has 0 amide bonds. The van der Waals surface area contributed by atoms with Crippen LogP contribution in [0.1, 0.15) is 0 Å². The first-order valence-electron chi connectivity index (χ1n) is 2.71. The average molecular weight is 155 g/mol. The van der Waals surface area contributed by atoms with Crippen molar-refractivity contribution in [2.24, 2.45) is 0 Å². The molecule has 2 heterocycles. The fourth-order valence-corrected chi connectivity index (χ4v) is 0.885. The molecule has 0 aliphatic rings. The van der Waals surface area contributed by atoms with E-state index in [-0.39, 0.29) is 0 Å². The Bertz CT molecular complexity index is 357. The topological polar surface area (TPSA) is 38.9 Å². The first-order chi connectivity index (χ1) is 4.86. The number of hydrogen-bond donors (Lipinski definition) is 0. The van der Waals surface area contributed by atoms with E-state index in [1.807, 2.05) is 0 Å². The van der Waals surface area contributed by atoms with Crippen LogP contribution in [0, 0.1) is 0 Å². The maximum absolute atomic E-state index is 5.63. The smallest absolute Gasteiger partial charge is 0.246 e. The quantitative estimate of drug-likeness (QED) is 0.582. The molecule has 0 spiro atoms. The number of oxazole rings is 1. The van der Waals surface area contributed by atoms with Crippen LogP contribution in [0.15, 0.2) is 23.1 Å². The minimum atomic E-state index is 0.518. The van der Waals surface area contributed by atoms with E-state index in [4.69, 9.17) is 16.0 Å². The summed E-state index contributed by atoms with van der Waals surface area (Å²) in [5.74, 6) is 0. The van der Waals surface area contributed by atoms with Gasteiger partial charge in [-0.3, -0.25) is 0 Å². The van der Waals surface area contributed by atoms with Gasteiger partial charge in [-0.1, -0.05) is 11.6 Å². The van der Waals surface area contributed by atoms with Crippen LogP contribution in [-0.2, 0) is 0 Å². The normalized spacial score (nSPS) is 10.5. The minimum Gasteiger partial charge on any atom is -0.425 e. The van der Waals surface area contributed by atoms with E-state index in [0.717, 1.165) is 0 Å². The van der Waals surface area contributed by atoms with Crippen molar-refractivity contribution in [3.63, 3.8) is 0 Å². The van der Waals surface area contributed by atoms with Gasteiger partial charge in [-0.2, -0.15) is 0 Å². The van der Waals surface area contributed by atoms with Crippen molar-refractivity contribution < 1.29 is 4.42 Å². The maximum atomic E-state index is 5.63. The van der Waals surface area contributed by atoms with Crippen LogP contribution in [-0.4, -0.2) is 9.97 Å². The van der Waals surface area contributed by atoms with E-state index in [1.54, 1.807) is 6.07 Å². The van der Waals surface area contributed by atoms with Crippen LogP contribution >= 0.6 is 11.6 Å². The van der Waals surface area contributed by atoms with Crippen LogP contribution in [0.2, 0.25) is 5.02 Å². The third-order valence-corrected chi connectivity index (χ3v) is 1.36. The van der Waals surface area contributed by atoms with Crippen LogP contribution in [0.25, 0.3) is 11.2 Å². The number of fused-ring (bicyclic) bond motifs is 1. The van der Waals surface area contributed by atoms with Gasteiger partial charge in [0.25, 0.3) is 0 Å². The summed E-state index contributed by atoms with van der Waals surface area (Å²) in [5, 5.41) is 0.571. The van der Waals surface area contributed by atoms with Crippen molar-refractivity contribution in [1.82, 2.24) is 9.97 Å². The number of nitrogens with zero attached hydrogens (tertiary/aromatic N) is 2. The van der Waals surface area contributed by atoms with Crippen molar-refractivity contribution in [1.29, 1.82) is 0 Å². The molecule has 0 fully saturated rings. The lowest BCUT2D eigenvalue weighted by Crippen LogP contribution is -1.72. The van der Waals surface area contributed by atoms with Crippen molar-refractivity contribution in [2.75, 3.05) is 0 Å². The predicted octanol–water partition coefficient (Wildman–Crippen LogP) is 1.88. The Morgan fingerprint density at radius 2 is 2.30 bits per heavy atom. The molecule has 0 N–H and O–H groups in total. The molecule has 2 rings (SSSR count). The van der Waals surface area contributed by atoms with E-state index in [1.165, 1.54) is 12.6 Å². The number of rotatable bonds is 0. The zero-order valence-corrected chi connectivity index (χ0v) is 5.67. The molecule has 0 aliphatic carbocycles. The Labute approximate surface area is 61.6 Å². The van der Waals surface area contributed by atoms with Crippen molar-refractivity contribution in [3.8, 4) is 0 Å². The second-order valence-electron chi connectivity index (χ2n) is 1.83. The number of pyridine rings is 1. The van der Waals surface area contributed by atoms with Crippen molar-refractivity contribution >= 4 is 22.8 Å². The van der Waals surface area contributed by atoms with E-state index in [0.29, 0.717) is 16.3 Å². The summed E-state index contributed by atoms with van der Waals surface area (Å²) in [4.78, 5) is 7.75. The average Bonchev–Trinajstić information content (AvgIpc) is 2.33. The largest absolute Gasteiger partial charge is 0.425 e. The lowest BCUT2D eigenvalue weighted by atomic mass is 10.4. The predicted molar refractivity (Wildman–Crippen MR) is 36.8 cm³/mol. The summed E-state index contributed by atoms with van der Waals surface area (Å²) in [6, 6.07) is 1.70. The molecular formula is C6H3ClN2O. The van der Waals surface area contributed by atoms with Crippen LogP contribution in [0.5, 0.6) is 0 Å². The zero-order valence-electron chi connectivity index (χ0n) is 4.91. The molecule has 50 valence electrons. The summed E-state index contributed by atoms with van der Waals surface area (Å²) in [5.41, 5.74) is 1.21. The summed E-state index contributed by atoms with van der Waals surface area (Å²) < 4.78 is 4.89. The summed E-state index contributed by atoms with van der Waals surface area (Å²) in [6.07, 6.45) is 2.86. The zero-order chi connectivity index (χ0) is 6.97. The van der Waals surface area contributed by atoms with Crippen LogP contribution < -0.4 is 0 Å². The van der Waals surface area contributed by atoms with Gasteiger partial charge in [-0.05, 0) is 6.07 Å². The molecule has 0 bridgehead atoms. The summed E-state index contributed by atoms with van der Waals surface area (Å²) in [7, 11) is 0. The molecule has 0 unspecified atom stereocenters. The van der Waals surface area contributed by atoms with Gasteiger partial charge in [0.05, 0.1) is 5.02 Å². The molecule has 2 aromatic rings. The number of halogens is 1. The van der Waals surface area contributed by atoms with Crippen LogP contribution in [0.4, 0.5) is 0 Å². The molecule has 10 heavy (non-hydrogen) atoms. The summed E-state index contributed by atoms with van der Waals surface area (Å²) >= 11 is 5.63. The maximum Gasteiger partial charge on any atom is 0.246 e. The highest BCUT2D eigenvalue weighted by Crippen LogP contribution is 2.13. The highest BCUT2D eigenvalue weighted by atomic mass is 35.5. The number of hydrogen-bond acceptors (Lipinski definition) is 3. The standard InChI is InChI=1S/C6H3ClN2O/c7-4-1-5-6(8-2-4)10-3-9-5/h1-3H. The van der Waals surface area contributed by atoms with Crippen molar-refractivity contribution in [2.45, 2.75) is 0 Å². The Morgan fingerprint density at radius 1 is 1.40 bits per heavy atom. The highest BCUT2D eigenvalue weighted by molar-refractivity contribution is 6.30. The van der Waals surface area contributed by atoms with Gasteiger partial charge in [0, 0.05) is 6.20 Å². The lowest BCUT2D eigenvalue weighted by molar-refractivity contribution is 0.590. The molecule has 2 aromatic heterocycles. The van der Waals surface area contributed by atoms with Crippen molar-refractivity contribution in [3.05, 3.63) is 23.7 Å². The summed E-state index contributed by atoms with van der Waals surface area (Å²) in [6.45, 7) is 0. The van der Waals surface area contributed by atoms with Gasteiger partial charge in [0.2, 0.25) is 5.71 Å². The molecule has 0 aromatic carbocycles. The Hall–Kier alpha value is -1.09. The van der Waals surface area contributed by atoms with E-state index < -0.39 is 0 Å². The monoisotopic (exact) mass is 154 g/mol. The molecule has 0 atom stereocenters. The Morgan fingerprint density at radius 3 is 3.20 bits per heavy atom. The third-order valence-electron chi connectivity index (χ3n) is 1.15. The lowest BCUT2D eigenvalue weighted by Gasteiger charge is -1.84. The SMILES string of the molecule is Clc1cnc2ocnc2c1. The fraction of sp³-hybridized carbons (Fsp3) is 0. The van der Waals surface area contributed by atoms with Gasteiger partial charge in [0.1, 0.15) is 5.52 Å².